The summed E-state index contributed by atoms with van der Waals surface area (Å²) in [6.45, 7) is 13.3. The minimum absolute atomic E-state index is 0.00949. The number of benzene rings is 4. The lowest BCUT2D eigenvalue weighted by molar-refractivity contribution is 0.473. The van der Waals surface area contributed by atoms with Crippen LogP contribution in [0.3, 0.4) is 0 Å². The quantitative estimate of drug-likeness (QED) is 0.213. The van der Waals surface area contributed by atoms with Crippen LogP contribution < -0.4 is 0 Å². The van der Waals surface area contributed by atoms with Gasteiger partial charge in [-0.2, -0.15) is 0 Å². The smallest absolute Gasteiger partial charge is 0.126 e. The summed E-state index contributed by atoms with van der Waals surface area (Å²) in [6.07, 6.45) is 1.76. The van der Waals surface area contributed by atoms with E-state index in [1.54, 1.807) is 23.6 Å². The molecule has 0 bridgehead atoms. The number of hydrogen-bond acceptors (Lipinski definition) is 5. The number of thiazole rings is 1. The molecule has 41 heavy (non-hydrogen) atoms. The average molecular weight is 575 g/mol. The predicted octanol–water partition coefficient (Wildman–Crippen LogP) is 10.9. The topological polar surface area (TPSA) is 45.5 Å². The lowest BCUT2D eigenvalue weighted by Gasteiger charge is -2.20. The number of phenolic OH excluding ortho intramolecular Hbond substituents is 1. The van der Waals surface area contributed by atoms with E-state index < -0.39 is 0 Å². The van der Waals surface area contributed by atoms with Gasteiger partial charge < -0.3 is 5.11 Å². The Morgan fingerprint density at radius 3 is 2.20 bits per heavy atom. The van der Waals surface area contributed by atoms with Crippen LogP contribution >= 0.6 is 22.7 Å². The van der Waals surface area contributed by atoms with Gasteiger partial charge in [0.1, 0.15) is 10.8 Å². The van der Waals surface area contributed by atoms with Crippen LogP contribution in [0.2, 0.25) is 0 Å². The summed E-state index contributed by atoms with van der Waals surface area (Å²) in [5.41, 5.74) is 7.16. The normalized spacial score (nSPS) is 12.6. The SMILES string of the molecule is CC(C)(C)c1ccc(O)c(C=Nc2ccccc2-c2nc3c(-c4cc5ccccc5s4)cc(C(C)(C)C)cc3s2)c1. The summed E-state index contributed by atoms with van der Waals surface area (Å²) in [5.74, 6) is 0.224. The highest BCUT2D eigenvalue weighted by Gasteiger charge is 2.21. The van der Waals surface area contributed by atoms with E-state index in [-0.39, 0.29) is 16.6 Å². The first kappa shape index (κ1) is 27.4. The third kappa shape index (κ3) is 5.44. The van der Waals surface area contributed by atoms with Gasteiger partial charge in [-0.05, 0) is 75.9 Å². The standard InChI is InChI=1S/C36H34N2OS2/c1-35(2,3)24-15-16-29(39)23(17-24)21-37-28-13-9-8-12-26(28)34-38-33-27(19-25(36(4,5)6)20-32(33)41-34)31-18-22-11-7-10-14-30(22)40-31/h7-21,39H,1-6H3. The molecule has 0 fully saturated rings. The number of hydrogen-bond donors (Lipinski definition) is 1. The average Bonchev–Trinajstić information content (AvgIpc) is 3.55. The number of aromatic hydroxyl groups is 1. The number of fused-ring (bicyclic) bond motifs is 2. The molecule has 0 aliphatic rings. The number of rotatable bonds is 4. The molecule has 0 unspecified atom stereocenters. The van der Waals surface area contributed by atoms with Crippen molar-refractivity contribution >= 4 is 54.9 Å². The minimum atomic E-state index is -0.0206. The van der Waals surface area contributed by atoms with Crippen molar-refractivity contribution in [1.29, 1.82) is 0 Å². The maximum atomic E-state index is 10.5. The molecule has 0 aliphatic carbocycles. The van der Waals surface area contributed by atoms with Crippen molar-refractivity contribution in [2.45, 2.75) is 52.4 Å². The molecule has 0 saturated heterocycles. The van der Waals surface area contributed by atoms with Crippen LogP contribution in [-0.4, -0.2) is 16.3 Å². The Morgan fingerprint density at radius 1 is 0.707 bits per heavy atom. The molecule has 5 heteroatoms. The van der Waals surface area contributed by atoms with E-state index >= 15 is 0 Å². The lowest BCUT2D eigenvalue weighted by Crippen LogP contribution is -2.11. The molecular weight excluding hydrogens is 541 g/mol. The zero-order chi connectivity index (χ0) is 28.9. The summed E-state index contributed by atoms with van der Waals surface area (Å²) in [7, 11) is 0. The molecule has 0 amide bonds. The van der Waals surface area contributed by atoms with Gasteiger partial charge in [-0.3, -0.25) is 4.99 Å². The minimum Gasteiger partial charge on any atom is -0.507 e. The highest BCUT2D eigenvalue weighted by molar-refractivity contribution is 7.23. The number of nitrogens with zero attached hydrogens (tertiary/aromatic N) is 2. The molecule has 2 aromatic heterocycles. The summed E-state index contributed by atoms with van der Waals surface area (Å²) < 4.78 is 2.46. The zero-order valence-electron chi connectivity index (χ0n) is 24.3. The van der Waals surface area contributed by atoms with Crippen LogP contribution in [0.5, 0.6) is 5.75 Å². The van der Waals surface area contributed by atoms with Crippen molar-refractivity contribution in [3.8, 4) is 26.8 Å². The van der Waals surface area contributed by atoms with Crippen molar-refractivity contribution < 1.29 is 5.11 Å². The van der Waals surface area contributed by atoms with E-state index in [1.165, 1.54) is 30.8 Å². The summed E-state index contributed by atoms with van der Waals surface area (Å²) >= 11 is 3.53. The molecule has 0 saturated carbocycles. The monoisotopic (exact) mass is 574 g/mol. The zero-order valence-corrected chi connectivity index (χ0v) is 26.0. The molecule has 206 valence electrons. The van der Waals surface area contributed by atoms with Gasteiger partial charge in [-0.25, -0.2) is 4.98 Å². The molecule has 0 spiro atoms. The van der Waals surface area contributed by atoms with Crippen molar-refractivity contribution in [3.63, 3.8) is 0 Å². The van der Waals surface area contributed by atoms with E-state index in [4.69, 9.17) is 9.98 Å². The Labute approximate surface area is 249 Å². The number of phenols is 1. The molecule has 6 aromatic rings. The lowest BCUT2D eigenvalue weighted by atomic mass is 9.86. The fraction of sp³-hybridized carbons (Fsp3) is 0.222. The van der Waals surface area contributed by atoms with Gasteiger partial charge in [0.15, 0.2) is 0 Å². The molecule has 0 aliphatic heterocycles. The Hall–Kier alpha value is -3.80. The predicted molar refractivity (Wildman–Crippen MR) is 179 cm³/mol. The maximum absolute atomic E-state index is 10.5. The largest absolute Gasteiger partial charge is 0.507 e. The second kappa shape index (κ2) is 10.2. The van der Waals surface area contributed by atoms with Crippen LogP contribution in [0.1, 0.15) is 58.2 Å². The van der Waals surface area contributed by atoms with Gasteiger partial charge in [-0.1, -0.05) is 77.9 Å². The van der Waals surface area contributed by atoms with Crippen LogP contribution in [-0.2, 0) is 10.8 Å². The molecule has 0 radical (unpaired) electrons. The number of aliphatic imine (C=N–C) groups is 1. The third-order valence-corrected chi connectivity index (χ3v) is 9.61. The Kier molecular flexibility index (Phi) is 6.83. The molecular formula is C36H34N2OS2. The molecule has 3 nitrogen and oxygen atoms in total. The summed E-state index contributed by atoms with van der Waals surface area (Å²) in [4.78, 5) is 11.3. The molecule has 2 heterocycles. The van der Waals surface area contributed by atoms with Crippen LogP contribution in [0.25, 0.3) is 41.3 Å². The number of aromatic nitrogens is 1. The van der Waals surface area contributed by atoms with Gasteiger partial charge in [0, 0.05) is 32.5 Å². The number of para-hydroxylation sites is 1. The van der Waals surface area contributed by atoms with E-state index in [0.29, 0.717) is 5.56 Å². The van der Waals surface area contributed by atoms with Crippen molar-refractivity contribution in [3.05, 3.63) is 102 Å². The van der Waals surface area contributed by atoms with Crippen LogP contribution in [0.4, 0.5) is 5.69 Å². The van der Waals surface area contributed by atoms with E-state index in [0.717, 1.165) is 27.3 Å². The van der Waals surface area contributed by atoms with Gasteiger partial charge in [0.05, 0.1) is 15.9 Å². The van der Waals surface area contributed by atoms with Crippen molar-refractivity contribution in [1.82, 2.24) is 4.98 Å². The van der Waals surface area contributed by atoms with E-state index in [1.807, 2.05) is 41.7 Å². The second-order valence-corrected chi connectivity index (χ2v) is 14.7. The fourth-order valence-corrected chi connectivity index (χ4v) is 7.06. The highest BCUT2D eigenvalue weighted by Crippen LogP contribution is 2.44. The highest BCUT2D eigenvalue weighted by atomic mass is 32.1. The van der Waals surface area contributed by atoms with Crippen LogP contribution in [0.15, 0.2) is 89.9 Å². The second-order valence-electron chi connectivity index (χ2n) is 12.6. The van der Waals surface area contributed by atoms with E-state index in [9.17, 15) is 5.11 Å². The first-order valence-corrected chi connectivity index (χ1v) is 15.5. The fourth-order valence-electron chi connectivity index (χ4n) is 4.91. The van der Waals surface area contributed by atoms with Gasteiger partial charge >= 0.3 is 0 Å². The third-order valence-electron chi connectivity index (χ3n) is 7.42. The van der Waals surface area contributed by atoms with Gasteiger partial charge in [0.25, 0.3) is 0 Å². The first-order valence-electron chi connectivity index (χ1n) is 13.9. The summed E-state index contributed by atoms with van der Waals surface area (Å²) in [5, 5.41) is 12.7. The van der Waals surface area contributed by atoms with Gasteiger partial charge in [-0.15, -0.1) is 22.7 Å². The van der Waals surface area contributed by atoms with Crippen molar-refractivity contribution in [2.24, 2.45) is 4.99 Å². The molecule has 6 rings (SSSR count). The van der Waals surface area contributed by atoms with Crippen molar-refractivity contribution in [2.75, 3.05) is 0 Å². The van der Waals surface area contributed by atoms with Crippen LogP contribution in [0, 0.1) is 0 Å². The van der Waals surface area contributed by atoms with E-state index in [2.05, 4.69) is 90.1 Å². The Bertz CT molecular complexity index is 1900. The first-order chi connectivity index (χ1) is 19.5. The molecule has 0 atom stereocenters. The molecule has 1 N–H and O–H groups in total. The molecule has 4 aromatic carbocycles. The number of thiophene rings is 1. The Balaban J connectivity index is 1.48. The maximum Gasteiger partial charge on any atom is 0.126 e. The summed E-state index contributed by atoms with van der Waals surface area (Å²) in [6, 6.07) is 29.3. The van der Waals surface area contributed by atoms with Gasteiger partial charge in [0.2, 0.25) is 0 Å². The Morgan fingerprint density at radius 2 is 1.44 bits per heavy atom.